The highest BCUT2D eigenvalue weighted by Crippen LogP contribution is 2.34. The number of halogens is 6. The molecule has 0 aromatic heterocycles. The first kappa shape index (κ1) is 16.0. The van der Waals surface area contributed by atoms with Crippen molar-refractivity contribution in [1.82, 2.24) is 0 Å². The first-order valence-electron chi connectivity index (χ1n) is 4.52. The van der Waals surface area contributed by atoms with E-state index >= 15 is 0 Å². The molecular formula is C8H11F6NO2. The largest absolute Gasteiger partial charge is 0.481 e. The van der Waals surface area contributed by atoms with Gasteiger partial charge in [0.1, 0.15) is 0 Å². The summed E-state index contributed by atoms with van der Waals surface area (Å²) in [6.07, 6.45) is -13.5. The minimum Gasteiger partial charge on any atom is -0.481 e. The van der Waals surface area contributed by atoms with Crippen molar-refractivity contribution in [1.29, 1.82) is 0 Å². The quantitative estimate of drug-likeness (QED) is 0.751. The van der Waals surface area contributed by atoms with E-state index in [1.165, 1.54) is 0 Å². The third kappa shape index (κ3) is 7.83. The van der Waals surface area contributed by atoms with Crippen LogP contribution in [0.4, 0.5) is 26.3 Å². The molecule has 0 heterocycles. The number of carboxylic acid groups (broad SMARTS) is 1. The Kier molecular flexibility index (Phi) is 5.24. The summed E-state index contributed by atoms with van der Waals surface area (Å²) in [5.41, 5.74) is 4.92. The van der Waals surface area contributed by atoms with E-state index in [4.69, 9.17) is 10.8 Å². The molecule has 3 N–H and O–H groups in total. The van der Waals surface area contributed by atoms with Gasteiger partial charge in [-0.3, -0.25) is 4.79 Å². The second-order valence-electron chi connectivity index (χ2n) is 3.65. The van der Waals surface area contributed by atoms with Crippen molar-refractivity contribution in [2.75, 3.05) is 0 Å². The molecule has 0 aliphatic carbocycles. The van der Waals surface area contributed by atoms with Gasteiger partial charge in [0.2, 0.25) is 0 Å². The molecule has 0 aromatic carbocycles. The number of hydrogen-bond donors (Lipinski definition) is 2. The smallest absolute Gasteiger partial charge is 0.392 e. The van der Waals surface area contributed by atoms with E-state index in [9.17, 15) is 31.1 Å². The number of carbonyl (C=O) groups is 1. The van der Waals surface area contributed by atoms with Gasteiger partial charge in [-0.25, -0.2) is 0 Å². The van der Waals surface area contributed by atoms with Gasteiger partial charge in [0.25, 0.3) is 0 Å². The van der Waals surface area contributed by atoms with Crippen LogP contribution in [-0.2, 0) is 4.79 Å². The molecule has 0 saturated heterocycles. The summed E-state index contributed by atoms with van der Waals surface area (Å²) in [4.78, 5) is 10.2. The molecular weight excluding hydrogens is 256 g/mol. The van der Waals surface area contributed by atoms with Gasteiger partial charge in [0, 0.05) is 6.04 Å². The van der Waals surface area contributed by atoms with E-state index < -0.39 is 49.5 Å². The van der Waals surface area contributed by atoms with E-state index in [1.54, 1.807) is 0 Å². The Morgan fingerprint density at radius 2 is 1.65 bits per heavy atom. The number of carboxylic acids is 1. The maximum Gasteiger partial charge on any atom is 0.392 e. The topological polar surface area (TPSA) is 63.3 Å². The summed E-state index contributed by atoms with van der Waals surface area (Å²) < 4.78 is 72.3. The fourth-order valence-corrected chi connectivity index (χ4v) is 1.29. The van der Waals surface area contributed by atoms with E-state index in [0.29, 0.717) is 0 Å². The highest BCUT2D eigenvalue weighted by molar-refractivity contribution is 5.67. The summed E-state index contributed by atoms with van der Waals surface area (Å²) in [6.45, 7) is 0. The van der Waals surface area contributed by atoms with Crippen molar-refractivity contribution < 1.29 is 36.2 Å². The molecule has 0 rings (SSSR count). The molecule has 9 heteroatoms. The normalized spacial score (nSPS) is 16.6. The lowest BCUT2D eigenvalue weighted by Crippen LogP contribution is -2.35. The second kappa shape index (κ2) is 5.56. The monoisotopic (exact) mass is 267 g/mol. The number of nitrogens with two attached hydrogens (primary N) is 1. The molecule has 0 aromatic rings. The SMILES string of the molecule is N[C@H](C[C@@H](CC(=O)O)C(F)(F)F)CC(F)(F)F. The zero-order valence-electron chi connectivity index (χ0n) is 8.48. The Labute approximate surface area is 92.6 Å². The maximum atomic E-state index is 12.3. The van der Waals surface area contributed by atoms with Gasteiger partial charge < -0.3 is 10.8 Å². The van der Waals surface area contributed by atoms with Gasteiger partial charge in [0.05, 0.1) is 18.8 Å². The average molecular weight is 267 g/mol. The van der Waals surface area contributed by atoms with Crippen molar-refractivity contribution in [2.24, 2.45) is 11.7 Å². The fourth-order valence-electron chi connectivity index (χ4n) is 1.29. The lowest BCUT2D eigenvalue weighted by molar-refractivity contribution is -0.188. The molecule has 0 aliphatic heterocycles. The predicted molar refractivity (Wildman–Crippen MR) is 45.1 cm³/mol. The van der Waals surface area contributed by atoms with Crippen molar-refractivity contribution in [3.63, 3.8) is 0 Å². The van der Waals surface area contributed by atoms with E-state index in [-0.39, 0.29) is 0 Å². The molecule has 3 nitrogen and oxygen atoms in total. The van der Waals surface area contributed by atoms with Crippen LogP contribution in [0.2, 0.25) is 0 Å². The Hall–Kier alpha value is -0.990. The van der Waals surface area contributed by atoms with Gasteiger partial charge in [-0.1, -0.05) is 0 Å². The molecule has 0 saturated carbocycles. The van der Waals surface area contributed by atoms with Crippen molar-refractivity contribution in [3.05, 3.63) is 0 Å². The van der Waals surface area contributed by atoms with Crippen LogP contribution in [-0.4, -0.2) is 29.5 Å². The first-order chi connectivity index (χ1) is 7.42. The minimum atomic E-state index is -4.87. The van der Waals surface area contributed by atoms with E-state index in [2.05, 4.69) is 0 Å². The molecule has 0 spiro atoms. The van der Waals surface area contributed by atoms with E-state index in [0.717, 1.165) is 0 Å². The Bertz CT molecular complexity index is 262. The van der Waals surface area contributed by atoms with Crippen LogP contribution in [0.25, 0.3) is 0 Å². The van der Waals surface area contributed by atoms with Crippen molar-refractivity contribution >= 4 is 5.97 Å². The molecule has 102 valence electrons. The number of rotatable bonds is 5. The predicted octanol–water partition coefficient (Wildman–Crippen LogP) is 2.31. The minimum absolute atomic E-state index is 1.06. The summed E-state index contributed by atoms with van der Waals surface area (Å²) in [5.74, 6) is -4.09. The fraction of sp³-hybridized carbons (Fsp3) is 0.875. The molecule has 0 radical (unpaired) electrons. The summed E-state index contributed by atoms with van der Waals surface area (Å²) >= 11 is 0. The Balaban J connectivity index is 4.49. The van der Waals surface area contributed by atoms with Gasteiger partial charge in [-0.15, -0.1) is 0 Å². The summed E-state index contributed by atoms with van der Waals surface area (Å²) in [7, 11) is 0. The van der Waals surface area contributed by atoms with Gasteiger partial charge in [-0.2, -0.15) is 26.3 Å². The van der Waals surface area contributed by atoms with Crippen molar-refractivity contribution in [2.45, 2.75) is 37.7 Å². The molecule has 0 aliphatic rings. The van der Waals surface area contributed by atoms with Crippen LogP contribution in [0.15, 0.2) is 0 Å². The van der Waals surface area contributed by atoms with Crippen LogP contribution in [0.5, 0.6) is 0 Å². The highest BCUT2D eigenvalue weighted by atomic mass is 19.4. The third-order valence-corrected chi connectivity index (χ3v) is 1.96. The number of alkyl halides is 6. The lowest BCUT2D eigenvalue weighted by Gasteiger charge is -2.22. The van der Waals surface area contributed by atoms with Crippen molar-refractivity contribution in [3.8, 4) is 0 Å². The van der Waals surface area contributed by atoms with Crippen LogP contribution in [0.1, 0.15) is 19.3 Å². The highest BCUT2D eigenvalue weighted by Gasteiger charge is 2.43. The molecule has 2 atom stereocenters. The van der Waals surface area contributed by atoms with Crippen LogP contribution in [0, 0.1) is 5.92 Å². The van der Waals surface area contributed by atoms with Crippen LogP contribution < -0.4 is 5.73 Å². The second-order valence-corrected chi connectivity index (χ2v) is 3.65. The summed E-state index contributed by atoms with van der Waals surface area (Å²) in [6, 6.07) is -1.76. The average Bonchev–Trinajstić information content (AvgIpc) is 1.95. The Morgan fingerprint density at radius 3 is 1.94 bits per heavy atom. The van der Waals surface area contributed by atoms with Gasteiger partial charge >= 0.3 is 18.3 Å². The number of aliphatic carboxylic acids is 1. The summed E-state index contributed by atoms with van der Waals surface area (Å²) in [5, 5.41) is 8.23. The zero-order valence-corrected chi connectivity index (χ0v) is 8.48. The van der Waals surface area contributed by atoms with Crippen LogP contribution in [0.3, 0.4) is 0 Å². The molecule has 0 unspecified atom stereocenters. The third-order valence-electron chi connectivity index (χ3n) is 1.96. The van der Waals surface area contributed by atoms with E-state index in [1.807, 2.05) is 0 Å². The standard InChI is InChI=1S/C8H11F6NO2/c9-7(10,11)3-5(15)1-4(2-6(16)17)8(12,13)14/h4-5H,1-3,15H2,(H,16,17)/t4-,5+/m0/s1. The zero-order chi connectivity index (χ0) is 13.9. The Morgan fingerprint density at radius 1 is 1.18 bits per heavy atom. The lowest BCUT2D eigenvalue weighted by atomic mass is 9.94. The molecule has 0 bridgehead atoms. The molecule has 17 heavy (non-hydrogen) atoms. The van der Waals surface area contributed by atoms with Gasteiger partial charge in [0.15, 0.2) is 0 Å². The maximum absolute atomic E-state index is 12.3. The van der Waals surface area contributed by atoms with Crippen LogP contribution >= 0.6 is 0 Å². The number of hydrogen-bond acceptors (Lipinski definition) is 2. The molecule has 0 fully saturated rings. The molecule has 0 amide bonds. The first-order valence-corrected chi connectivity index (χ1v) is 4.52. The van der Waals surface area contributed by atoms with Gasteiger partial charge in [-0.05, 0) is 6.42 Å².